The Kier molecular flexibility index (Phi) is 3.01. The van der Waals surface area contributed by atoms with Crippen molar-refractivity contribution >= 4 is 22.8 Å². The minimum atomic E-state index is -0.141. The first-order valence-electron chi connectivity index (χ1n) is 5.32. The summed E-state index contributed by atoms with van der Waals surface area (Å²) in [7, 11) is 0. The second kappa shape index (κ2) is 4.62. The minimum Gasteiger partial charge on any atom is -0.293 e. The first-order valence-corrected chi connectivity index (χ1v) is 5.32. The van der Waals surface area contributed by atoms with Gasteiger partial charge in [-0.25, -0.2) is 0 Å². The molecule has 0 unspecified atom stereocenters. The molecule has 2 rings (SSSR count). The van der Waals surface area contributed by atoms with Gasteiger partial charge in [0.05, 0.1) is 17.3 Å². The normalized spacial score (nSPS) is 11.4. The molecule has 0 saturated heterocycles. The average molecular weight is 225 g/mol. The van der Waals surface area contributed by atoms with E-state index in [0.29, 0.717) is 6.42 Å². The summed E-state index contributed by atoms with van der Waals surface area (Å²) in [4.78, 5) is 11.5. The first-order chi connectivity index (χ1) is 8.24. The lowest BCUT2D eigenvalue weighted by atomic mass is 10.1. The molecule has 4 nitrogen and oxygen atoms in total. The molecule has 0 fully saturated rings. The molecule has 1 aromatic carbocycles. The van der Waals surface area contributed by atoms with Crippen LogP contribution in [0.5, 0.6) is 0 Å². The number of Topliss-reactive ketones (excluding diaryl/α,β-unsaturated/α-hetero) is 1. The van der Waals surface area contributed by atoms with Gasteiger partial charge in [0.15, 0.2) is 5.78 Å². The van der Waals surface area contributed by atoms with Crippen molar-refractivity contribution in [3.05, 3.63) is 35.5 Å². The lowest BCUT2D eigenvalue weighted by molar-refractivity contribution is -0.114. The van der Waals surface area contributed by atoms with Crippen LogP contribution in [-0.4, -0.2) is 16.0 Å². The Bertz CT molecular complexity index is 631. The molecule has 1 heterocycles. The van der Waals surface area contributed by atoms with Crippen molar-refractivity contribution in [2.75, 3.05) is 0 Å². The van der Waals surface area contributed by atoms with Gasteiger partial charge in [0, 0.05) is 11.8 Å². The van der Waals surface area contributed by atoms with E-state index in [2.05, 4.69) is 10.2 Å². The van der Waals surface area contributed by atoms with E-state index in [4.69, 9.17) is 5.26 Å². The van der Waals surface area contributed by atoms with E-state index in [-0.39, 0.29) is 11.4 Å². The van der Waals surface area contributed by atoms with Gasteiger partial charge in [-0.05, 0) is 17.7 Å². The topological polar surface area (TPSA) is 69.5 Å². The van der Waals surface area contributed by atoms with Gasteiger partial charge in [0.25, 0.3) is 0 Å². The van der Waals surface area contributed by atoms with Crippen LogP contribution in [0.4, 0.5) is 0 Å². The van der Waals surface area contributed by atoms with E-state index in [1.54, 1.807) is 19.2 Å². The molecule has 17 heavy (non-hydrogen) atoms. The number of aromatic amines is 1. The number of hydrogen-bond acceptors (Lipinski definition) is 3. The summed E-state index contributed by atoms with van der Waals surface area (Å²) < 4.78 is 0. The quantitative estimate of drug-likeness (QED) is 0.644. The van der Waals surface area contributed by atoms with Gasteiger partial charge in [-0.3, -0.25) is 9.89 Å². The largest absolute Gasteiger partial charge is 0.293 e. The Morgan fingerprint density at radius 2 is 2.41 bits per heavy atom. The van der Waals surface area contributed by atoms with Crippen molar-refractivity contribution in [1.29, 1.82) is 5.26 Å². The number of carbonyl (C=O) groups is 1. The van der Waals surface area contributed by atoms with E-state index in [1.807, 2.05) is 24.3 Å². The van der Waals surface area contributed by atoms with Crippen LogP contribution in [0.15, 0.2) is 30.0 Å². The van der Waals surface area contributed by atoms with E-state index in [0.717, 1.165) is 16.5 Å². The molecule has 0 saturated carbocycles. The Balaban J connectivity index is 2.43. The summed E-state index contributed by atoms with van der Waals surface area (Å²) in [5.41, 5.74) is 1.89. The predicted octanol–water partition coefficient (Wildman–Crippen LogP) is 2.45. The SMILES string of the molecule is CCC(=O)/C(C#N)=C/c1ccc2cn[nH]c2c1. The van der Waals surface area contributed by atoms with Gasteiger partial charge < -0.3 is 0 Å². The second-order valence-corrected chi connectivity index (χ2v) is 3.66. The standard InChI is InChI=1S/C13H11N3O/c1-2-13(17)11(7-14)5-9-3-4-10-8-15-16-12(10)6-9/h3-6,8H,2H2,1H3,(H,15,16)/b11-5+. The van der Waals surface area contributed by atoms with Crippen molar-refractivity contribution in [1.82, 2.24) is 10.2 Å². The lowest BCUT2D eigenvalue weighted by Gasteiger charge is -1.96. The van der Waals surface area contributed by atoms with Crippen LogP contribution in [0.1, 0.15) is 18.9 Å². The summed E-state index contributed by atoms with van der Waals surface area (Å²) in [5, 5.41) is 16.7. The number of nitriles is 1. The van der Waals surface area contributed by atoms with Crippen LogP contribution in [0.3, 0.4) is 0 Å². The third-order valence-electron chi connectivity index (χ3n) is 2.52. The fraction of sp³-hybridized carbons (Fsp3) is 0.154. The molecule has 0 aliphatic carbocycles. The van der Waals surface area contributed by atoms with Crippen LogP contribution in [0, 0.1) is 11.3 Å². The molecular weight excluding hydrogens is 214 g/mol. The number of hydrogen-bond donors (Lipinski definition) is 1. The van der Waals surface area contributed by atoms with Gasteiger partial charge in [-0.1, -0.05) is 19.1 Å². The molecule has 0 aliphatic rings. The third-order valence-corrected chi connectivity index (χ3v) is 2.52. The highest BCUT2D eigenvalue weighted by atomic mass is 16.1. The molecular formula is C13H11N3O. The number of ketones is 1. The number of benzene rings is 1. The molecule has 0 aliphatic heterocycles. The summed E-state index contributed by atoms with van der Waals surface area (Å²) >= 11 is 0. The van der Waals surface area contributed by atoms with E-state index >= 15 is 0 Å². The Labute approximate surface area is 98.6 Å². The fourth-order valence-electron chi connectivity index (χ4n) is 1.58. The van der Waals surface area contributed by atoms with Crippen LogP contribution in [-0.2, 0) is 4.79 Å². The summed E-state index contributed by atoms with van der Waals surface area (Å²) in [5.74, 6) is -0.141. The molecule has 2 aromatic rings. The molecule has 1 N–H and O–H groups in total. The van der Waals surface area contributed by atoms with E-state index < -0.39 is 0 Å². The number of nitrogens with zero attached hydrogens (tertiary/aromatic N) is 2. The number of nitrogens with one attached hydrogen (secondary N) is 1. The maximum absolute atomic E-state index is 11.5. The number of fused-ring (bicyclic) bond motifs is 1. The smallest absolute Gasteiger partial charge is 0.173 e. The van der Waals surface area contributed by atoms with Crippen molar-refractivity contribution < 1.29 is 4.79 Å². The van der Waals surface area contributed by atoms with Crippen LogP contribution < -0.4 is 0 Å². The third kappa shape index (κ3) is 2.23. The second-order valence-electron chi connectivity index (χ2n) is 3.66. The van der Waals surface area contributed by atoms with Crippen molar-refractivity contribution in [2.45, 2.75) is 13.3 Å². The highest BCUT2D eigenvalue weighted by Gasteiger charge is 2.06. The fourth-order valence-corrected chi connectivity index (χ4v) is 1.58. The van der Waals surface area contributed by atoms with Crippen molar-refractivity contribution in [2.24, 2.45) is 0 Å². The lowest BCUT2D eigenvalue weighted by Crippen LogP contribution is -1.97. The van der Waals surface area contributed by atoms with Crippen LogP contribution in [0.2, 0.25) is 0 Å². The van der Waals surface area contributed by atoms with E-state index in [9.17, 15) is 4.79 Å². The van der Waals surface area contributed by atoms with Gasteiger partial charge in [0.2, 0.25) is 0 Å². The summed E-state index contributed by atoms with van der Waals surface area (Å²) in [6.07, 6.45) is 3.67. The average Bonchev–Trinajstić information content (AvgIpc) is 2.82. The molecule has 0 spiro atoms. The number of aromatic nitrogens is 2. The molecule has 1 aromatic heterocycles. The molecule has 0 radical (unpaired) electrons. The minimum absolute atomic E-state index is 0.141. The van der Waals surface area contributed by atoms with E-state index in [1.165, 1.54) is 0 Å². The number of carbonyl (C=O) groups excluding carboxylic acids is 1. The zero-order valence-electron chi connectivity index (χ0n) is 9.40. The highest BCUT2D eigenvalue weighted by molar-refractivity contribution is 6.03. The van der Waals surface area contributed by atoms with Crippen LogP contribution in [0.25, 0.3) is 17.0 Å². The predicted molar refractivity (Wildman–Crippen MR) is 65.0 cm³/mol. The Hall–Kier alpha value is -2.41. The maximum atomic E-state index is 11.5. The molecule has 4 heteroatoms. The van der Waals surface area contributed by atoms with Gasteiger partial charge in [0.1, 0.15) is 6.07 Å². The molecule has 84 valence electrons. The maximum Gasteiger partial charge on any atom is 0.173 e. The van der Waals surface area contributed by atoms with Gasteiger partial charge >= 0.3 is 0 Å². The summed E-state index contributed by atoms with van der Waals surface area (Å²) in [6.45, 7) is 1.74. The number of H-pyrrole nitrogens is 1. The number of rotatable bonds is 3. The zero-order valence-corrected chi connectivity index (χ0v) is 9.40. The zero-order chi connectivity index (χ0) is 12.3. The molecule has 0 bridgehead atoms. The Morgan fingerprint density at radius 1 is 1.59 bits per heavy atom. The summed E-state index contributed by atoms with van der Waals surface area (Å²) in [6, 6.07) is 7.55. The van der Waals surface area contributed by atoms with Gasteiger partial charge in [-0.2, -0.15) is 10.4 Å². The molecule has 0 atom stereocenters. The van der Waals surface area contributed by atoms with Crippen molar-refractivity contribution in [3.63, 3.8) is 0 Å². The van der Waals surface area contributed by atoms with Gasteiger partial charge in [-0.15, -0.1) is 0 Å². The number of allylic oxidation sites excluding steroid dienone is 1. The first kappa shape index (κ1) is 11.1. The highest BCUT2D eigenvalue weighted by Crippen LogP contribution is 2.15. The Morgan fingerprint density at radius 3 is 3.12 bits per heavy atom. The molecule has 0 amide bonds. The monoisotopic (exact) mass is 225 g/mol. The van der Waals surface area contributed by atoms with Crippen LogP contribution >= 0.6 is 0 Å². The van der Waals surface area contributed by atoms with Crippen molar-refractivity contribution in [3.8, 4) is 6.07 Å².